The molecule has 0 aliphatic heterocycles. The molecule has 0 unspecified atom stereocenters. The molecule has 17 heavy (non-hydrogen) atoms. The van der Waals surface area contributed by atoms with Crippen molar-refractivity contribution < 1.29 is 10.0 Å². The number of rotatable bonds is 1. The highest BCUT2D eigenvalue weighted by Gasteiger charge is 2.12. The molecular weight excluding hydrogens is 216 g/mol. The fourth-order valence-electron chi connectivity index (χ4n) is 2.06. The van der Waals surface area contributed by atoms with E-state index >= 15 is 0 Å². The Labute approximate surface area is 99.3 Å². The summed E-state index contributed by atoms with van der Waals surface area (Å²) in [6.45, 7) is 5.75. The van der Waals surface area contributed by atoms with Crippen molar-refractivity contribution in [3.05, 3.63) is 40.6 Å². The molecule has 1 aromatic heterocycles. The van der Waals surface area contributed by atoms with Gasteiger partial charge in [0.05, 0.1) is 11.1 Å². The molecule has 0 radical (unpaired) electrons. The summed E-state index contributed by atoms with van der Waals surface area (Å²) < 4.78 is 0. The van der Waals surface area contributed by atoms with Gasteiger partial charge in [0.15, 0.2) is 0 Å². The van der Waals surface area contributed by atoms with Gasteiger partial charge in [0.2, 0.25) is 0 Å². The van der Waals surface area contributed by atoms with Gasteiger partial charge in [-0.1, -0.05) is 11.6 Å². The second kappa shape index (κ2) is 4.14. The largest absolute Gasteiger partial charge is 0.288 e. The van der Waals surface area contributed by atoms with Crippen molar-refractivity contribution >= 4 is 16.8 Å². The van der Waals surface area contributed by atoms with Gasteiger partial charge in [-0.05, 0) is 38.5 Å². The van der Waals surface area contributed by atoms with Gasteiger partial charge in [0.25, 0.3) is 5.91 Å². The Morgan fingerprint density at radius 1 is 1.24 bits per heavy atom. The van der Waals surface area contributed by atoms with E-state index in [2.05, 4.69) is 4.98 Å². The van der Waals surface area contributed by atoms with Crippen LogP contribution in [0.15, 0.2) is 18.2 Å². The van der Waals surface area contributed by atoms with Crippen LogP contribution in [-0.2, 0) is 0 Å². The molecule has 1 aromatic carbocycles. The fourth-order valence-corrected chi connectivity index (χ4v) is 2.06. The van der Waals surface area contributed by atoms with E-state index in [0.29, 0.717) is 5.56 Å². The van der Waals surface area contributed by atoms with E-state index < -0.39 is 5.91 Å². The standard InChI is InChI=1S/C13H14N2O2/c1-7-4-8(2)12-10(5-7)11(13(16)15-17)6-9(3)14-12/h4-6,17H,1-3H3,(H,15,16). The predicted octanol–water partition coefficient (Wildman–Crippen LogP) is 2.28. The zero-order valence-corrected chi connectivity index (χ0v) is 10.0. The van der Waals surface area contributed by atoms with Gasteiger partial charge in [-0.3, -0.25) is 15.0 Å². The van der Waals surface area contributed by atoms with Crippen LogP contribution in [0.3, 0.4) is 0 Å². The molecule has 1 heterocycles. The number of nitrogens with one attached hydrogen (secondary N) is 1. The first kappa shape index (κ1) is 11.5. The molecule has 2 rings (SSSR count). The Balaban J connectivity index is 2.87. The quantitative estimate of drug-likeness (QED) is 0.583. The molecule has 0 saturated heterocycles. The number of fused-ring (bicyclic) bond motifs is 1. The maximum Gasteiger partial charge on any atom is 0.275 e. The SMILES string of the molecule is Cc1cc(C)c2nc(C)cc(C(=O)NO)c2c1. The molecular formula is C13H14N2O2. The number of aromatic nitrogens is 1. The maximum atomic E-state index is 11.6. The molecule has 0 fully saturated rings. The van der Waals surface area contributed by atoms with Crippen LogP contribution in [0.5, 0.6) is 0 Å². The highest BCUT2D eigenvalue weighted by Crippen LogP contribution is 2.23. The van der Waals surface area contributed by atoms with Crippen molar-refractivity contribution in [2.75, 3.05) is 0 Å². The lowest BCUT2D eigenvalue weighted by molar-refractivity contribution is 0.0708. The summed E-state index contributed by atoms with van der Waals surface area (Å²) in [6, 6.07) is 5.60. The molecule has 0 aliphatic rings. The van der Waals surface area contributed by atoms with E-state index in [1.54, 1.807) is 11.5 Å². The minimum Gasteiger partial charge on any atom is -0.288 e. The minimum absolute atomic E-state index is 0.446. The lowest BCUT2D eigenvalue weighted by Crippen LogP contribution is -2.19. The van der Waals surface area contributed by atoms with Crippen LogP contribution in [-0.4, -0.2) is 16.1 Å². The molecule has 2 N–H and O–H groups in total. The first-order valence-electron chi connectivity index (χ1n) is 5.36. The van der Waals surface area contributed by atoms with Gasteiger partial charge in [0, 0.05) is 11.1 Å². The van der Waals surface area contributed by atoms with E-state index in [0.717, 1.165) is 27.7 Å². The van der Waals surface area contributed by atoms with Crippen molar-refractivity contribution in [2.45, 2.75) is 20.8 Å². The summed E-state index contributed by atoms with van der Waals surface area (Å²) in [5.74, 6) is -0.509. The summed E-state index contributed by atoms with van der Waals surface area (Å²) >= 11 is 0. The van der Waals surface area contributed by atoms with E-state index in [4.69, 9.17) is 5.21 Å². The number of hydrogen-bond donors (Lipinski definition) is 2. The highest BCUT2D eigenvalue weighted by molar-refractivity contribution is 6.06. The van der Waals surface area contributed by atoms with Gasteiger partial charge in [-0.25, -0.2) is 5.48 Å². The molecule has 0 bridgehead atoms. The summed E-state index contributed by atoms with van der Waals surface area (Å²) in [4.78, 5) is 16.0. The summed E-state index contributed by atoms with van der Waals surface area (Å²) in [5, 5.41) is 9.52. The number of hydrogen-bond acceptors (Lipinski definition) is 3. The zero-order chi connectivity index (χ0) is 12.6. The van der Waals surface area contributed by atoms with Crippen LogP contribution < -0.4 is 5.48 Å². The van der Waals surface area contributed by atoms with Gasteiger partial charge in [-0.2, -0.15) is 0 Å². The predicted molar refractivity (Wildman–Crippen MR) is 65.2 cm³/mol. The summed E-state index contributed by atoms with van der Waals surface area (Å²) in [7, 11) is 0. The number of carbonyl (C=O) groups is 1. The third-order valence-corrected chi connectivity index (χ3v) is 2.72. The average molecular weight is 230 g/mol. The Kier molecular flexibility index (Phi) is 2.81. The normalized spacial score (nSPS) is 10.6. The van der Waals surface area contributed by atoms with Crippen molar-refractivity contribution in [1.82, 2.24) is 10.5 Å². The number of aryl methyl sites for hydroxylation is 3. The van der Waals surface area contributed by atoms with Crippen LogP contribution in [0.4, 0.5) is 0 Å². The minimum atomic E-state index is -0.509. The maximum absolute atomic E-state index is 11.6. The van der Waals surface area contributed by atoms with Crippen molar-refractivity contribution in [3.63, 3.8) is 0 Å². The van der Waals surface area contributed by atoms with Gasteiger partial charge in [0.1, 0.15) is 0 Å². The second-order valence-electron chi connectivity index (χ2n) is 4.23. The summed E-state index contributed by atoms with van der Waals surface area (Å²) in [6.07, 6.45) is 0. The van der Waals surface area contributed by atoms with Crippen LogP contribution in [0.1, 0.15) is 27.2 Å². The Hall–Kier alpha value is -1.94. The third-order valence-electron chi connectivity index (χ3n) is 2.72. The number of pyridine rings is 1. The van der Waals surface area contributed by atoms with Gasteiger partial charge < -0.3 is 0 Å². The number of amides is 1. The molecule has 0 spiro atoms. The monoisotopic (exact) mass is 230 g/mol. The highest BCUT2D eigenvalue weighted by atomic mass is 16.5. The Morgan fingerprint density at radius 3 is 2.59 bits per heavy atom. The zero-order valence-electron chi connectivity index (χ0n) is 10.0. The average Bonchev–Trinajstić information content (AvgIpc) is 2.28. The molecule has 0 saturated carbocycles. The van der Waals surface area contributed by atoms with Gasteiger partial charge in [-0.15, -0.1) is 0 Å². The molecule has 88 valence electrons. The number of benzene rings is 1. The lowest BCUT2D eigenvalue weighted by atomic mass is 10.0. The molecule has 2 aromatic rings. The summed E-state index contributed by atoms with van der Waals surface area (Å²) in [5.41, 5.74) is 5.76. The van der Waals surface area contributed by atoms with Crippen LogP contribution in [0.2, 0.25) is 0 Å². The van der Waals surface area contributed by atoms with Crippen LogP contribution in [0.25, 0.3) is 10.9 Å². The lowest BCUT2D eigenvalue weighted by Gasteiger charge is -2.09. The first-order chi connectivity index (χ1) is 8.02. The van der Waals surface area contributed by atoms with Crippen LogP contribution >= 0.6 is 0 Å². The Bertz CT molecular complexity index is 606. The molecule has 4 nitrogen and oxygen atoms in total. The molecule has 1 amide bonds. The van der Waals surface area contributed by atoms with Crippen LogP contribution in [0, 0.1) is 20.8 Å². The molecule has 0 atom stereocenters. The molecule has 0 aliphatic carbocycles. The smallest absolute Gasteiger partial charge is 0.275 e. The Morgan fingerprint density at radius 2 is 1.94 bits per heavy atom. The van der Waals surface area contributed by atoms with E-state index in [1.165, 1.54) is 0 Å². The van der Waals surface area contributed by atoms with E-state index in [1.807, 2.05) is 32.9 Å². The van der Waals surface area contributed by atoms with Gasteiger partial charge >= 0.3 is 0 Å². The number of nitrogens with zero attached hydrogens (tertiary/aromatic N) is 1. The second-order valence-corrected chi connectivity index (χ2v) is 4.23. The van der Waals surface area contributed by atoms with E-state index in [9.17, 15) is 4.79 Å². The van der Waals surface area contributed by atoms with E-state index in [-0.39, 0.29) is 0 Å². The van der Waals surface area contributed by atoms with Crippen molar-refractivity contribution in [3.8, 4) is 0 Å². The number of hydroxylamine groups is 1. The topological polar surface area (TPSA) is 62.2 Å². The van der Waals surface area contributed by atoms with Crippen molar-refractivity contribution in [2.24, 2.45) is 0 Å². The third kappa shape index (κ3) is 1.99. The van der Waals surface area contributed by atoms with Crippen molar-refractivity contribution in [1.29, 1.82) is 0 Å². The first-order valence-corrected chi connectivity index (χ1v) is 5.36. The number of carbonyl (C=O) groups excluding carboxylic acids is 1. The molecule has 4 heteroatoms. The fraction of sp³-hybridized carbons (Fsp3) is 0.231.